The van der Waals surface area contributed by atoms with Gasteiger partial charge in [0.1, 0.15) is 29.7 Å². The fourth-order valence-electron chi connectivity index (χ4n) is 6.56. The van der Waals surface area contributed by atoms with Crippen molar-refractivity contribution in [2.45, 2.75) is 135 Å². The lowest BCUT2D eigenvalue weighted by Crippen LogP contribution is -2.52. The van der Waals surface area contributed by atoms with Crippen molar-refractivity contribution in [1.29, 1.82) is 0 Å². The van der Waals surface area contributed by atoms with Crippen LogP contribution in [0.3, 0.4) is 0 Å². The molecule has 50 heavy (non-hydrogen) atoms. The number of aliphatic hydroxyl groups is 3. The van der Waals surface area contributed by atoms with Gasteiger partial charge in [-0.25, -0.2) is 4.39 Å². The predicted octanol–water partition coefficient (Wildman–Crippen LogP) is 5.46. The average Bonchev–Trinajstić information content (AvgIpc) is 3.82. The van der Waals surface area contributed by atoms with Gasteiger partial charge in [0, 0.05) is 42.5 Å². The Balaban J connectivity index is 1.89. The van der Waals surface area contributed by atoms with E-state index in [4.69, 9.17) is 18.9 Å². The van der Waals surface area contributed by atoms with Gasteiger partial charge in [-0.2, -0.15) is 0 Å². The Morgan fingerprint density at radius 2 is 1.98 bits per heavy atom. The van der Waals surface area contributed by atoms with E-state index in [-0.39, 0.29) is 55.9 Å². The van der Waals surface area contributed by atoms with Crippen LogP contribution in [-0.2, 0) is 35.1 Å². The number of hydrogen-bond donors (Lipinski definition) is 4. The molecule has 1 fully saturated rings. The first-order valence-electron chi connectivity index (χ1n) is 17.3. The third-order valence-electron chi connectivity index (χ3n) is 9.72. The zero-order valence-electron chi connectivity index (χ0n) is 30.4. The number of carbonyl (C=O) groups excluding carboxylic acids is 2. The minimum Gasteiger partial charge on any atom is -0.457 e. The van der Waals surface area contributed by atoms with Crippen molar-refractivity contribution in [3.8, 4) is 0 Å². The summed E-state index contributed by atoms with van der Waals surface area (Å²) in [5.41, 5.74) is -1.85. The van der Waals surface area contributed by atoms with Crippen LogP contribution in [-0.4, -0.2) is 88.2 Å². The summed E-state index contributed by atoms with van der Waals surface area (Å²) in [5.74, 6) is -1.90. The van der Waals surface area contributed by atoms with E-state index in [1.54, 1.807) is 63.5 Å². The summed E-state index contributed by atoms with van der Waals surface area (Å²) in [4.78, 5) is 24.7. The quantitative estimate of drug-likeness (QED) is 0.0884. The van der Waals surface area contributed by atoms with Crippen LogP contribution in [0, 0.1) is 17.7 Å². The van der Waals surface area contributed by atoms with E-state index in [1.807, 2.05) is 13.8 Å². The first-order chi connectivity index (χ1) is 23.4. The fourth-order valence-corrected chi connectivity index (χ4v) is 6.89. The molecular weight excluding hydrogens is 713 g/mol. The number of rotatable bonds is 13. The summed E-state index contributed by atoms with van der Waals surface area (Å²) in [7, 11) is 1.67. The highest BCUT2D eigenvalue weighted by molar-refractivity contribution is 9.10. The number of allylic oxidation sites excluding steroid dienone is 2. The molecule has 0 saturated carbocycles. The van der Waals surface area contributed by atoms with Gasteiger partial charge >= 0.3 is 11.9 Å². The SMILES string of the molecule is CC[C@H](OC)[C@@H](C)[C@H]1O[C@@H]1C(NCc1ccc(Br)cc1F)C(C)(O)C=CC=C(C)C1OC(=O)C[C@H](O)CC[C@@](C)(O)[C@@H](OC(C)=O)C=C[C@@H]1C. The van der Waals surface area contributed by atoms with E-state index in [9.17, 15) is 29.3 Å². The summed E-state index contributed by atoms with van der Waals surface area (Å²) in [6, 6.07) is 4.21. The second-order valence-electron chi connectivity index (χ2n) is 14.1. The molecule has 0 amide bonds. The Labute approximate surface area is 304 Å². The Morgan fingerprint density at radius 3 is 2.60 bits per heavy atom. The van der Waals surface area contributed by atoms with Gasteiger partial charge in [-0.15, -0.1) is 0 Å². The zero-order chi connectivity index (χ0) is 37.4. The first-order valence-corrected chi connectivity index (χ1v) is 18.1. The van der Waals surface area contributed by atoms with Gasteiger partial charge in [-0.3, -0.25) is 9.59 Å². The summed E-state index contributed by atoms with van der Waals surface area (Å²) in [6.45, 7) is 12.3. The van der Waals surface area contributed by atoms with E-state index in [0.29, 0.717) is 15.6 Å². The van der Waals surface area contributed by atoms with E-state index >= 15 is 0 Å². The third-order valence-corrected chi connectivity index (χ3v) is 10.2. The molecule has 0 bridgehead atoms. The van der Waals surface area contributed by atoms with Crippen molar-refractivity contribution in [2.24, 2.45) is 11.8 Å². The molecular formula is C38H55BrFNO9. The number of esters is 2. The van der Waals surface area contributed by atoms with Crippen LogP contribution in [0.1, 0.15) is 79.7 Å². The van der Waals surface area contributed by atoms with Gasteiger partial charge in [0.05, 0.1) is 36.4 Å². The Morgan fingerprint density at radius 1 is 1.28 bits per heavy atom. The first kappa shape index (κ1) is 42.0. The number of methoxy groups -OCH3 is 1. The van der Waals surface area contributed by atoms with Crippen LogP contribution in [0.25, 0.3) is 0 Å². The molecule has 2 heterocycles. The lowest BCUT2D eigenvalue weighted by atomic mass is 9.87. The molecule has 0 radical (unpaired) electrons. The number of benzene rings is 1. The number of halogens is 2. The van der Waals surface area contributed by atoms with Crippen molar-refractivity contribution in [2.75, 3.05) is 7.11 Å². The normalized spacial score (nSPS) is 31.1. The molecule has 0 spiro atoms. The average molecular weight is 769 g/mol. The maximum absolute atomic E-state index is 14.7. The standard InChI is InChI=1S/C38H55BrFNO9/c1-9-30(47-8)24(4)34-35(50-34)36(41-21-26-13-14-27(39)19-29(26)40)38(7,46)17-10-11-22(2)33-23(3)12-15-31(48-25(5)42)37(6,45)18-16-28(43)20-32(44)49-33/h10-15,17,19,23-24,28,30-31,33-36,41,43,45-46H,9,16,18,20-21H2,1-8H3/t23-,24+,28+,30-,31-,33?,34+,35-,36?,37+,38?/m0/s1. The van der Waals surface area contributed by atoms with Crippen molar-refractivity contribution < 1.29 is 48.2 Å². The molecule has 2 aliphatic rings. The van der Waals surface area contributed by atoms with Gasteiger partial charge < -0.3 is 39.6 Å². The predicted molar refractivity (Wildman–Crippen MR) is 191 cm³/mol. The second kappa shape index (κ2) is 18.3. The van der Waals surface area contributed by atoms with Gasteiger partial charge in [0.15, 0.2) is 0 Å². The molecule has 3 unspecified atom stereocenters. The van der Waals surface area contributed by atoms with Crippen LogP contribution in [0.2, 0.25) is 0 Å². The van der Waals surface area contributed by atoms with E-state index in [2.05, 4.69) is 28.2 Å². The zero-order valence-corrected chi connectivity index (χ0v) is 32.0. The van der Waals surface area contributed by atoms with Gasteiger partial charge in [0.25, 0.3) is 0 Å². The second-order valence-corrected chi connectivity index (χ2v) is 15.1. The highest BCUT2D eigenvalue weighted by Crippen LogP contribution is 2.39. The van der Waals surface area contributed by atoms with Crippen molar-refractivity contribution >= 4 is 27.9 Å². The number of cyclic esters (lactones) is 1. The summed E-state index contributed by atoms with van der Waals surface area (Å²) < 4.78 is 38.4. The van der Waals surface area contributed by atoms with Crippen LogP contribution in [0.15, 0.2) is 58.6 Å². The number of epoxide rings is 1. The number of aliphatic hydroxyl groups excluding tert-OH is 1. The molecule has 1 aromatic carbocycles. The lowest BCUT2D eigenvalue weighted by molar-refractivity contribution is -0.157. The van der Waals surface area contributed by atoms with Crippen LogP contribution < -0.4 is 5.32 Å². The van der Waals surface area contributed by atoms with Crippen LogP contribution in [0.4, 0.5) is 4.39 Å². The molecule has 280 valence electrons. The Bertz CT molecular complexity index is 1390. The summed E-state index contributed by atoms with van der Waals surface area (Å²) in [6.07, 6.45) is 5.68. The Hall–Kier alpha value is -2.45. The maximum atomic E-state index is 14.7. The largest absolute Gasteiger partial charge is 0.457 e. The monoisotopic (exact) mass is 767 g/mol. The van der Waals surface area contributed by atoms with Crippen LogP contribution in [0.5, 0.6) is 0 Å². The number of hydrogen-bond acceptors (Lipinski definition) is 10. The highest BCUT2D eigenvalue weighted by atomic mass is 79.9. The fraction of sp³-hybridized carbons (Fsp3) is 0.632. The smallest absolute Gasteiger partial charge is 0.309 e. The van der Waals surface area contributed by atoms with E-state index in [0.717, 1.165) is 6.42 Å². The molecule has 3 rings (SSSR count). The number of carbonyl (C=O) groups is 2. The van der Waals surface area contributed by atoms with Gasteiger partial charge in [-0.05, 0) is 63.8 Å². The lowest BCUT2D eigenvalue weighted by Gasteiger charge is -2.32. The van der Waals surface area contributed by atoms with Crippen molar-refractivity contribution in [3.63, 3.8) is 0 Å². The van der Waals surface area contributed by atoms with E-state index < -0.39 is 53.4 Å². The molecule has 0 aromatic heterocycles. The molecule has 10 nitrogen and oxygen atoms in total. The molecule has 11 atom stereocenters. The molecule has 1 aromatic rings. The third kappa shape index (κ3) is 11.8. The van der Waals surface area contributed by atoms with E-state index in [1.165, 1.54) is 19.9 Å². The van der Waals surface area contributed by atoms with Gasteiger partial charge in [-0.1, -0.05) is 67.1 Å². The summed E-state index contributed by atoms with van der Waals surface area (Å²) in [5, 5.41) is 36.8. The maximum Gasteiger partial charge on any atom is 0.309 e. The molecule has 12 heteroatoms. The van der Waals surface area contributed by atoms with Crippen molar-refractivity contribution in [1.82, 2.24) is 5.32 Å². The van der Waals surface area contributed by atoms with Gasteiger partial charge in [0.2, 0.25) is 0 Å². The molecule has 0 aliphatic carbocycles. The van der Waals surface area contributed by atoms with Crippen LogP contribution >= 0.6 is 15.9 Å². The highest BCUT2D eigenvalue weighted by Gasteiger charge is 2.54. The molecule has 1 saturated heterocycles. The molecule has 2 aliphatic heterocycles. The topological polar surface area (TPSA) is 147 Å². The van der Waals surface area contributed by atoms with Crippen molar-refractivity contribution in [3.05, 3.63) is 70.0 Å². The summed E-state index contributed by atoms with van der Waals surface area (Å²) >= 11 is 3.29. The minimum absolute atomic E-state index is 0.0260. The number of nitrogens with one attached hydrogen (secondary N) is 1. The molecule has 4 N–H and O–H groups in total. The minimum atomic E-state index is -1.47. The Kier molecular flexibility index (Phi) is 15.4. The number of ether oxygens (including phenoxy) is 4.